The second-order valence-corrected chi connectivity index (χ2v) is 10.6. The fraction of sp³-hybridized carbons (Fsp3) is 1.00. The van der Waals surface area contributed by atoms with Gasteiger partial charge in [0.15, 0.2) is 0 Å². The van der Waals surface area contributed by atoms with Gasteiger partial charge < -0.3 is 0 Å². The van der Waals surface area contributed by atoms with Crippen LogP contribution in [0.15, 0.2) is 0 Å². The first-order chi connectivity index (χ1) is 11.1. The van der Waals surface area contributed by atoms with Gasteiger partial charge in [-0.25, -0.2) is 30.3 Å². The van der Waals surface area contributed by atoms with E-state index in [1.54, 1.807) is 0 Å². The molecule has 10 heteroatoms. The van der Waals surface area contributed by atoms with Crippen LogP contribution in [-0.4, -0.2) is 57.7 Å². The number of hydrogen-bond donors (Lipinski definition) is 1. The number of rotatable bonds is 9. The lowest BCUT2D eigenvalue weighted by atomic mass is 9.91. The third-order valence-corrected chi connectivity index (χ3v) is 8.30. The molecule has 1 saturated heterocycles. The van der Waals surface area contributed by atoms with E-state index in [0.29, 0.717) is 12.5 Å². The van der Waals surface area contributed by atoms with Gasteiger partial charge in [-0.05, 0) is 38.0 Å². The van der Waals surface area contributed by atoms with Crippen molar-refractivity contribution in [1.29, 1.82) is 0 Å². The van der Waals surface area contributed by atoms with Crippen LogP contribution in [0.1, 0.15) is 45.4 Å². The predicted octanol–water partition coefficient (Wildman–Crippen LogP) is 1.54. The summed E-state index contributed by atoms with van der Waals surface area (Å²) in [6, 6.07) is -1.38. The monoisotopic (exact) mass is 388 g/mol. The molecule has 1 N–H and O–H groups in total. The lowest BCUT2D eigenvalue weighted by Gasteiger charge is -2.24. The van der Waals surface area contributed by atoms with Gasteiger partial charge in [-0.1, -0.05) is 13.3 Å². The molecule has 2 fully saturated rings. The van der Waals surface area contributed by atoms with Crippen LogP contribution in [0.25, 0.3) is 0 Å². The molecule has 0 aromatic rings. The maximum atomic E-state index is 12.6. The van der Waals surface area contributed by atoms with Crippen molar-refractivity contribution >= 4 is 20.0 Å². The molecule has 142 valence electrons. The van der Waals surface area contributed by atoms with Crippen LogP contribution >= 0.6 is 0 Å². The van der Waals surface area contributed by atoms with Gasteiger partial charge in [-0.2, -0.15) is 4.31 Å². The summed E-state index contributed by atoms with van der Waals surface area (Å²) in [5, 5.41) is 0. The Labute approximate surface area is 143 Å². The number of nitrogens with one attached hydrogen (secondary N) is 1. The summed E-state index contributed by atoms with van der Waals surface area (Å²) in [5.74, 6) is -0.305. The highest BCUT2D eigenvalue weighted by Gasteiger charge is 2.41. The molecule has 2 bridgehead atoms. The molecule has 0 radical (unpaired) electrons. The van der Waals surface area contributed by atoms with E-state index >= 15 is 0 Å². The van der Waals surface area contributed by atoms with Crippen molar-refractivity contribution in [3.8, 4) is 0 Å². The topological polar surface area (TPSA) is 83.5 Å². The summed E-state index contributed by atoms with van der Waals surface area (Å²) < 4.78 is 77.3. The van der Waals surface area contributed by atoms with Crippen molar-refractivity contribution in [3.05, 3.63) is 0 Å². The number of hydrogen-bond acceptors (Lipinski definition) is 4. The minimum Gasteiger partial charge on any atom is -0.212 e. The van der Waals surface area contributed by atoms with Gasteiger partial charge >= 0.3 is 0 Å². The Hall–Kier alpha value is -0.320. The molecule has 2 rings (SSSR count). The second-order valence-electron chi connectivity index (χ2n) is 6.71. The Morgan fingerprint density at radius 2 is 1.88 bits per heavy atom. The van der Waals surface area contributed by atoms with E-state index in [1.807, 2.05) is 4.72 Å². The minimum atomic E-state index is -3.91. The van der Waals surface area contributed by atoms with Crippen LogP contribution in [-0.2, 0) is 20.0 Å². The normalized spacial score (nSPS) is 26.8. The SMILES string of the molecule is CCC(NS(=O)(=O)CCCS(=O)(=O)N1CC2CCCC1C2)C(F)F. The van der Waals surface area contributed by atoms with Gasteiger partial charge in [0.2, 0.25) is 20.0 Å². The van der Waals surface area contributed by atoms with Crippen LogP contribution in [0, 0.1) is 5.92 Å². The van der Waals surface area contributed by atoms with Crippen molar-refractivity contribution in [1.82, 2.24) is 9.03 Å². The molecular formula is C14H26F2N2O4S2. The Bertz CT molecular complexity index is 625. The summed E-state index contributed by atoms with van der Waals surface area (Å²) in [5.41, 5.74) is 0. The number of fused-ring (bicyclic) bond motifs is 2. The first kappa shape index (κ1) is 20.0. The fourth-order valence-electron chi connectivity index (χ4n) is 3.59. The Balaban J connectivity index is 1.86. The van der Waals surface area contributed by atoms with E-state index in [-0.39, 0.29) is 24.6 Å². The van der Waals surface area contributed by atoms with Crippen molar-refractivity contribution in [2.45, 2.75) is 64.0 Å². The third kappa shape index (κ3) is 5.09. The van der Waals surface area contributed by atoms with Crippen LogP contribution < -0.4 is 4.72 Å². The third-order valence-electron chi connectivity index (χ3n) is 4.85. The average molecular weight is 389 g/mol. The van der Waals surface area contributed by atoms with Crippen molar-refractivity contribution < 1.29 is 25.6 Å². The van der Waals surface area contributed by atoms with Crippen LogP contribution in [0.3, 0.4) is 0 Å². The Morgan fingerprint density at radius 1 is 1.17 bits per heavy atom. The zero-order valence-electron chi connectivity index (χ0n) is 13.8. The maximum absolute atomic E-state index is 12.6. The standard InChI is InChI=1S/C14H26F2N2O4S2/c1-2-13(14(15)16)17-23(19,20)7-4-8-24(21,22)18-10-11-5-3-6-12(18)9-11/h11-14,17H,2-10H2,1H3. The molecule has 1 heterocycles. The van der Waals surface area contributed by atoms with E-state index < -0.39 is 38.3 Å². The predicted molar refractivity (Wildman–Crippen MR) is 87.9 cm³/mol. The zero-order chi connectivity index (χ0) is 18.0. The van der Waals surface area contributed by atoms with E-state index in [9.17, 15) is 25.6 Å². The molecular weight excluding hydrogens is 362 g/mol. The number of sulfonamides is 2. The highest BCUT2D eigenvalue weighted by molar-refractivity contribution is 7.90. The van der Waals surface area contributed by atoms with E-state index in [0.717, 1.165) is 25.7 Å². The molecule has 3 atom stereocenters. The van der Waals surface area contributed by atoms with Crippen LogP contribution in [0.5, 0.6) is 0 Å². The van der Waals surface area contributed by atoms with Gasteiger partial charge in [0.25, 0.3) is 6.43 Å². The van der Waals surface area contributed by atoms with Gasteiger partial charge in [-0.3, -0.25) is 0 Å². The highest BCUT2D eigenvalue weighted by Crippen LogP contribution is 2.37. The largest absolute Gasteiger partial charge is 0.254 e. The Kier molecular flexibility index (Phi) is 6.60. The second kappa shape index (κ2) is 7.92. The summed E-state index contributed by atoms with van der Waals surface area (Å²) in [4.78, 5) is 0. The molecule has 0 amide bonds. The molecule has 1 saturated carbocycles. The van der Waals surface area contributed by atoms with Gasteiger partial charge in [0.1, 0.15) is 0 Å². The first-order valence-electron chi connectivity index (χ1n) is 8.42. The number of nitrogens with zero attached hydrogens (tertiary/aromatic N) is 1. The van der Waals surface area contributed by atoms with E-state index in [1.165, 1.54) is 11.2 Å². The Morgan fingerprint density at radius 3 is 2.46 bits per heavy atom. The molecule has 1 aliphatic carbocycles. The van der Waals surface area contributed by atoms with Crippen molar-refractivity contribution in [2.24, 2.45) is 5.92 Å². The molecule has 3 unspecified atom stereocenters. The minimum absolute atomic E-state index is 0.0218. The summed E-state index contributed by atoms with van der Waals surface area (Å²) in [6.07, 6.45) is 0.946. The van der Waals surface area contributed by atoms with Crippen molar-refractivity contribution in [2.75, 3.05) is 18.1 Å². The lowest BCUT2D eigenvalue weighted by molar-refractivity contribution is 0.107. The molecule has 0 spiro atoms. The summed E-state index contributed by atoms with van der Waals surface area (Å²) >= 11 is 0. The van der Waals surface area contributed by atoms with Crippen LogP contribution in [0.4, 0.5) is 8.78 Å². The van der Waals surface area contributed by atoms with E-state index in [4.69, 9.17) is 0 Å². The average Bonchev–Trinajstić information content (AvgIpc) is 2.79. The fourth-order valence-corrected chi connectivity index (χ4v) is 6.97. The van der Waals surface area contributed by atoms with E-state index in [2.05, 4.69) is 0 Å². The summed E-state index contributed by atoms with van der Waals surface area (Å²) in [7, 11) is -7.41. The lowest BCUT2D eigenvalue weighted by Crippen LogP contribution is -2.41. The molecule has 6 nitrogen and oxygen atoms in total. The first-order valence-corrected chi connectivity index (χ1v) is 11.7. The van der Waals surface area contributed by atoms with Gasteiger partial charge in [0, 0.05) is 12.6 Å². The van der Waals surface area contributed by atoms with Gasteiger partial charge in [-0.15, -0.1) is 0 Å². The molecule has 0 aromatic heterocycles. The smallest absolute Gasteiger partial charge is 0.212 e. The molecule has 1 aliphatic heterocycles. The van der Waals surface area contributed by atoms with Crippen LogP contribution in [0.2, 0.25) is 0 Å². The molecule has 24 heavy (non-hydrogen) atoms. The number of halogens is 2. The molecule has 0 aromatic carbocycles. The molecule has 2 aliphatic rings. The van der Waals surface area contributed by atoms with Gasteiger partial charge in [0.05, 0.1) is 17.5 Å². The highest BCUT2D eigenvalue weighted by atomic mass is 32.2. The maximum Gasteiger partial charge on any atom is 0.254 e. The van der Waals surface area contributed by atoms with Crippen molar-refractivity contribution in [3.63, 3.8) is 0 Å². The quantitative estimate of drug-likeness (QED) is 0.649. The summed E-state index contributed by atoms with van der Waals surface area (Å²) in [6.45, 7) is 2.00. The number of alkyl halides is 2. The zero-order valence-corrected chi connectivity index (χ0v) is 15.5.